The molecular formula is C14H15N3O2S. The van der Waals surface area contributed by atoms with Gasteiger partial charge in [0, 0.05) is 12.2 Å². The van der Waals surface area contributed by atoms with E-state index in [4.69, 9.17) is 5.11 Å². The smallest absolute Gasteiger partial charge is 0.347 e. The first-order valence-electron chi connectivity index (χ1n) is 6.51. The van der Waals surface area contributed by atoms with Gasteiger partial charge in [-0.1, -0.05) is 17.4 Å². The molecule has 5 nitrogen and oxygen atoms in total. The van der Waals surface area contributed by atoms with Gasteiger partial charge in [-0.3, -0.25) is 0 Å². The molecule has 2 aromatic heterocycles. The van der Waals surface area contributed by atoms with Gasteiger partial charge in [0.05, 0.1) is 5.69 Å². The predicted molar refractivity (Wildman–Crippen MR) is 78.1 cm³/mol. The van der Waals surface area contributed by atoms with Crippen molar-refractivity contribution in [1.82, 2.24) is 9.97 Å². The number of hydrogen-bond acceptors (Lipinski definition) is 5. The molecule has 0 spiro atoms. The van der Waals surface area contributed by atoms with Crippen LogP contribution in [0.15, 0.2) is 12.1 Å². The van der Waals surface area contributed by atoms with Crippen LogP contribution in [0.1, 0.15) is 33.0 Å². The largest absolute Gasteiger partial charge is 0.477 e. The fourth-order valence-electron chi connectivity index (χ4n) is 2.42. The minimum Gasteiger partial charge on any atom is -0.477 e. The van der Waals surface area contributed by atoms with E-state index >= 15 is 0 Å². The topological polar surface area (TPSA) is 66.3 Å². The van der Waals surface area contributed by atoms with Crippen LogP contribution in [0.4, 0.5) is 10.9 Å². The molecule has 0 saturated heterocycles. The average molecular weight is 289 g/mol. The monoisotopic (exact) mass is 289 g/mol. The number of hydrogen-bond donors (Lipinski definition) is 1. The number of carboxylic acid groups (broad SMARTS) is 1. The van der Waals surface area contributed by atoms with Crippen molar-refractivity contribution in [2.75, 3.05) is 11.4 Å². The zero-order valence-corrected chi connectivity index (χ0v) is 12.2. The number of carbonyl (C=O) groups is 1. The summed E-state index contributed by atoms with van der Waals surface area (Å²) < 4.78 is 0. The first kappa shape index (κ1) is 13.1. The number of pyridine rings is 1. The van der Waals surface area contributed by atoms with Crippen LogP contribution in [-0.4, -0.2) is 27.6 Å². The molecule has 3 rings (SSSR count). The predicted octanol–water partition coefficient (Wildman–Crippen LogP) is 2.94. The molecule has 0 atom stereocenters. The van der Waals surface area contributed by atoms with Gasteiger partial charge in [-0.05, 0) is 38.3 Å². The van der Waals surface area contributed by atoms with Crippen molar-refractivity contribution in [2.45, 2.75) is 26.7 Å². The van der Waals surface area contributed by atoms with Crippen molar-refractivity contribution in [3.63, 3.8) is 0 Å². The first-order valence-corrected chi connectivity index (χ1v) is 7.32. The van der Waals surface area contributed by atoms with Crippen molar-refractivity contribution >= 4 is 28.3 Å². The molecule has 0 fully saturated rings. The van der Waals surface area contributed by atoms with Gasteiger partial charge in [0.25, 0.3) is 0 Å². The minimum atomic E-state index is -0.916. The number of aromatic carboxylic acids is 1. The zero-order valence-electron chi connectivity index (χ0n) is 11.4. The highest BCUT2D eigenvalue weighted by molar-refractivity contribution is 7.17. The molecule has 0 bridgehead atoms. The summed E-state index contributed by atoms with van der Waals surface area (Å²) in [5.41, 5.74) is 2.73. The highest BCUT2D eigenvalue weighted by Crippen LogP contribution is 2.35. The Labute approximate surface area is 120 Å². The number of fused-ring (bicyclic) bond motifs is 1. The van der Waals surface area contributed by atoms with E-state index in [0.29, 0.717) is 10.6 Å². The van der Waals surface area contributed by atoms with E-state index in [1.165, 1.54) is 16.9 Å². The summed E-state index contributed by atoms with van der Waals surface area (Å²) >= 11 is 1.22. The van der Waals surface area contributed by atoms with Gasteiger partial charge >= 0.3 is 5.97 Å². The minimum absolute atomic E-state index is 0.305. The molecule has 2 aromatic rings. The van der Waals surface area contributed by atoms with Crippen LogP contribution in [-0.2, 0) is 6.42 Å². The number of carboxylic acids is 1. The summed E-state index contributed by atoms with van der Waals surface area (Å²) in [5.74, 6) is 0.00243. The lowest BCUT2D eigenvalue weighted by Crippen LogP contribution is -2.25. The molecule has 0 radical (unpaired) electrons. The van der Waals surface area contributed by atoms with Crippen molar-refractivity contribution in [2.24, 2.45) is 0 Å². The third-order valence-electron chi connectivity index (χ3n) is 3.39. The van der Waals surface area contributed by atoms with E-state index in [9.17, 15) is 4.79 Å². The second kappa shape index (κ2) is 4.86. The molecule has 0 aliphatic carbocycles. The Morgan fingerprint density at radius 3 is 2.85 bits per heavy atom. The maximum atomic E-state index is 11.2. The summed E-state index contributed by atoms with van der Waals surface area (Å²) in [7, 11) is 0. The van der Waals surface area contributed by atoms with E-state index in [1.807, 2.05) is 17.9 Å². The van der Waals surface area contributed by atoms with Crippen LogP contribution in [0, 0.1) is 13.8 Å². The number of anilines is 2. The van der Waals surface area contributed by atoms with Crippen LogP contribution < -0.4 is 4.90 Å². The average Bonchev–Trinajstić information content (AvgIpc) is 2.80. The summed E-state index contributed by atoms with van der Waals surface area (Å²) in [4.78, 5) is 22.5. The Bertz CT molecular complexity index is 681. The van der Waals surface area contributed by atoms with Gasteiger partial charge in [-0.2, -0.15) is 0 Å². The Kier molecular flexibility index (Phi) is 3.17. The van der Waals surface area contributed by atoms with Crippen molar-refractivity contribution in [3.05, 3.63) is 34.0 Å². The molecule has 0 amide bonds. The summed E-state index contributed by atoms with van der Waals surface area (Å²) in [6.45, 7) is 4.52. The fourth-order valence-corrected chi connectivity index (χ4v) is 3.35. The molecule has 3 heterocycles. The number of aryl methyl sites for hydroxylation is 3. The van der Waals surface area contributed by atoms with Crippen molar-refractivity contribution in [1.29, 1.82) is 0 Å². The van der Waals surface area contributed by atoms with Crippen LogP contribution >= 0.6 is 11.3 Å². The molecule has 1 N–H and O–H groups in total. The molecule has 0 aromatic carbocycles. The van der Waals surface area contributed by atoms with Crippen LogP contribution in [0.3, 0.4) is 0 Å². The Morgan fingerprint density at radius 2 is 2.15 bits per heavy atom. The summed E-state index contributed by atoms with van der Waals surface area (Å²) in [6, 6.07) is 4.11. The fraction of sp³-hybridized carbons (Fsp3) is 0.357. The molecule has 0 unspecified atom stereocenters. The number of rotatable bonds is 2. The van der Waals surface area contributed by atoms with E-state index in [1.54, 1.807) is 6.92 Å². The SMILES string of the molecule is Cc1ccc2c(n1)N(c1nc(C)c(C(=O)O)s1)CCC2. The third-order valence-corrected chi connectivity index (χ3v) is 4.56. The lowest BCUT2D eigenvalue weighted by molar-refractivity contribution is 0.0701. The first-order chi connectivity index (χ1) is 9.56. The standard InChI is InChI=1S/C14H15N3O2S/c1-8-5-6-10-4-3-7-17(12(10)15-8)14-16-9(2)11(20-14)13(18)19/h5-6H,3-4,7H2,1-2H3,(H,18,19). The third kappa shape index (κ3) is 2.16. The van der Waals surface area contributed by atoms with Gasteiger partial charge in [-0.15, -0.1) is 0 Å². The highest BCUT2D eigenvalue weighted by atomic mass is 32.1. The van der Waals surface area contributed by atoms with Crippen LogP contribution in [0.2, 0.25) is 0 Å². The van der Waals surface area contributed by atoms with Gasteiger partial charge < -0.3 is 10.0 Å². The lowest BCUT2D eigenvalue weighted by atomic mass is 10.1. The number of nitrogens with zero attached hydrogens (tertiary/aromatic N) is 3. The van der Waals surface area contributed by atoms with Gasteiger partial charge in [0.1, 0.15) is 10.7 Å². The highest BCUT2D eigenvalue weighted by Gasteiger charge is 2.24. The quantitative estimate of drug-likeness (QED) is 0.920. The molecule has 1 aliphatic rings. The van der Waals surface area contributed by atoms with Crippen LogP contribution in [0.5, 0.6) is 0 Å². The molecule has 6 heteroatoms. The van der Waals surface area contributed by atoms with E-state index in [2.05, 4.69) is 16.0 Å². The maximum Gasteiger partial charge on any atom is 0.347 e. The van der Waals surface area contributed by atoms with E-state index in [-0.39, 0.29) is 0 Å². The van der Waals surface area contributed by atoms with E-state index < -0.39 is 5.97 Å². The van der Waals surface area contributed by atoms with Crippen molar-refractivity contribution in [3.8, 4) is 0 Å². The second-order valence-corrected chi connectivity index (χ2v) is 5.88. The lowest BCUT2D eigenvalue weighted by Gasteiger charge is -2.28. The van der Waals surface area contributed by atoms with Gasteiger partial charge in [0.15, 0.2) is 5.13 Å². The molecular weight excluding hydrogens is 274 g/mol. The molecule has 0 saturated carbocycles. The second-order valence-electron chi connectivity index (χ2n) is 4.91. The summed E-state index contributed by atoms with van der Waals surface area (Å²) in [6.07, 6.45) is 2.04. The molecule has 1 aliphatic heterocycles. The Morgan fingerprint density at radius 1 is 1.35 bits per heavy atom. The Balaban J connectivity index is 2.06. The zero-order chi connectivity index (χ0) is 14.3. The Hall–Kier alpha value is -1.95. The summed E-state index contributed by atoms with van der Waals surface area (Å²) in [5, 5.41) is 9.87. The normalized spacial score (nSPS) is 14.2. The van der Waals surface area contributed by atoms with Gasteiger partial charge in [-0.25, -0.2) is 14.8 Å². The number of thiazole rings is 1. The molecule has 104 valence electrons. The maximum absolute atomic E-state index is 11.2. The van der Waals surface area contributed by atoms with E-state index in [0.717, 1.165) is 36.0 Å². The molecule has 20 heavy (non-hydrogen) atoms. The van der Waals surface area contributed by atoms with Crippen molar-refractivity contribution < 1.29 is 9.90 Å². The van der Waals surface area contributed by atoms with Gasteiger partial charge in [0.2, 0.25) is 0 Å². The number of aromatic nitrogens is 2. The van der Waals surface area contributed by atoms with Crippen LogP contribution in [0.25, 0.3) is 0 Å².